The number of ether oxygens (including phenoxy) is 2. The van der Waals surface area contributed by atoms with Gasteiger partial charge in [0.15, 0.2) is 12.7 Å². The SMILES string of the molecule is C[C@H](Oc1ccc(Br)cc1)C(=O)OCC(N)=O. The van der Waals surface area contributed by atoms with Crippen molar-refractivity contribution in [3.63, 3.8) is 0 Å². The maximum atomic E-state index is 11.4. The van der Waals surface area contributed by atoms with Crippen LogP contribution in [0.2, 0.25) is 0 Å². The largest absolute Gasteiger partial charge is 0.479 e. The fourth-order valence-electron chi connectivity index (χ4n) is 1.03. The molecule has 92 valence electrons. The molecule has 0 saturated heterocycles. The first-order valence-electron chi connectivity index (χ1n) is 4.86. The van der Waals surface area contributed by atoms with Gasteiger partial charge in [-0.15, -0.1) is 0 Å². The molecule has 0 spiro atoms. The molecule has 0 unspecified atom stereocenters. The first kappa shape index (κ1) is 13.5. The van der Waals surface area contributed by atoms with E-state index in [9.17, 15) is 9.59 Å². The highest BCUT2D eigenvalue weighted by Gasteiger charge is 2.16. The molecule has 0 bridgehead atoms. The molecule has 1 amide bonds. The number of rotatable bonds is 5. The second kappa shape index (κ2) is 6.24. The van der Waals surface area contributed by atoms with Crippen molar-refractivity contribution < 1.29 is 19.1 Å². The van der Waals surface area contributed by atoms with Gasteiger partial charge in [0.25, 0.3) is 5.91 Å². The van der Waals surface area contributed by atoms with E-state index in [0.29, 0.717) is 5.75 Å². The summed E-state index contributed by atoms with van der Waals surface area (Å²) in [4.78, 5) is 21.8. The van der Waals surface area contributed by atoms with E-state index in [1.807, 2.05) is 0 Å². The van der Waals surface area contributed by atoms with Crippen LogP contribution in [-0.2, 0) is 14.3 Å². The minimum absolute atomic E-state index is 0.438. The number of amides is 1. The molecule has 0 fully saturated rings. The Hall–Kier alpha value is -1.56. The van der Waals surface area contributed by atoms with Crippen LogP contribution >= 0.6 is 15.9 Å². The van der Waals surface area contributed by atoms with Crippen molar-refractivity contribution in [2.24, 2.45) is 5.73 Å². The molecule has 1 aromatic rings. The van der Waals surface area contributed by atoms with E-state index in [2.05, 4.69) is 20.7 Å². The summed E-state index contributed by atoms with van der Waals surface area (Å²) in [5, 5.41) is 0. The van der Waals surface area contributed by atoms with Crippen LogP contribution in [0.5, 0.6) is 5.75 Å². The molecule has 0 saturated carbocycles. The third-order valence-corrected chi connectivity index (χ3v) is 2.34. The fourth-order valence-corrected chi connectivity index (χ4v) is 1.29. The lowest BCUT2D eigenvalue weighted by Crippen LogP contribution is -2.29. The molecule has 1 rings (SSSR count). The van der Waals surface area contributed by atoms with Gasteiger partial charge < -0.3 is 15.2 Å². The standard InChI is InChI=1S/C11H12BrNO4/c1-7(11(15)16-6-10(13)14)17-9-4-2-8(12)3-5-9/h2-5,7H,6H2,1H3,(H2,13,14)/t7-/m0/s1. The molecule has 0 aromatic heterocycles. The minimum atomic E-state index is -0.796. The summed E-state index contributed by atoms with van der Waals surface area (Å²) in [6.45, 7) is 1.10. The van der Waals surface area contributed by atoms with Gasteiger partial charge in [0, 0.05) is 4.47 Å². The maximum Gasteiger partial charge on any atom is 0.347 e. The first-order chi connectivity index (χ1) is 7.99. The molecular weight excluding hydrogens is 290 g/mol. The molecule has 2 N–H and O–H groups in total. The molecule has 1 atom stereocenters. The van der Waals surface area contributed by atoms with E-state index < -0.39 is 24.6 Å². The number of halogens is 1. The van der Waals surface area contributed by atoms with E-state index in [1.165, 1.54) is 6.92 Å². The smallest absolute Gasteiger partial charge is 0.347 e. The van der Waals surface area contributed by atoms with Gasteiger partial charge in [0.05, 0.1) is 0 Å². The van der Waals surface area contributed by atoms with E-state index in [0.717, 1.165) is 4.47 Å². The molecule has 17 heavy (non-hydrogen) atoms. The van der Waals surface area contributed by atoms with Gasteiger partial charge in [-0.05, 0) is 31.2 Å². The normalized spacial score (nSPS) is 11.6. The fraction of sp³-hybridized carbons (Fsp3) is 0.273. The average Bonchev–Trinajstić information content (AvgIpc) is 2.28. The number of benzene rings is 1. The van der Waals surface area contributed by atoms with Crippen molar-refractivity contribution in [1.82, 2.24) is 0 Å². The second-order valence-corrected chi connectivity index (χ2v) is 4.20. The Morgan fingerprint density at radius 2 is 1.94 bits per heavy atom. The highest BCUT2D eigenvalue weighted by Crippen LogP contribution is 2.17. The van der Waals surface area contributed by atoms with Gasteiger partial charge in [-0.3, -0.25) is 4.79 Å². The number of nitrogens with two attached hydrogens (primary N) is 1. The summed E-state index contributed by atoms with van der Waals surface area (Å²) in [7, 11) is 0. The molecule has 0 heterocycles. The molecule has 6 heteroatoms. The zero-order valence-electron chi connectivity index (χ0n) is 9.18. The summed E-state index contributed by atoms with van der Waals surface area (Å²) >= 11 is 3.28. The van der Waals surface area contributed by atoms with Gasteiger partial charge >= 0.3 is 5.97 Å². The minimum Gasteiger partial charge on any atom is -0.479 e. The van der Waals surface area contributed by atoms with Crippen LogP contribution < -0.4 is 10.5 Å². The number of carbonyl (C=O) groups excluding carboxylic acids is 2. The number of carbonyl (C=O) groups is 2. The Bertz CT molecular complexity index is 404. The van der Waals surface area contributed by atoms with Crippen LogP contribution in [0.3, 0.4) is 0 Å². The highest BCUT2D eigenvalue weighted by atomic mass is 79.9. The Balaban J connectivity index is 2.48. The van der Waals surface area contributed by atoms with Crippen LogP contribution in [-0.4, -0.2) is 24.6 Å². The third kappa shape index (κ3) is 4.86. The molecule has 5 nitrogen and oxygen atoms in total. The van der Waals surface area contributed by atoms with E-state index >= 15 is 0 Å². The Morgan fingerprint density at radius 1 is 1.35 bits per heavy atom. The molecule has 0 radical (unpaired) electrons. The Morgan fingerprint density at radius 3 is 2.47 bits per heavy atom. The van der Waals surface area contributed by atoms with Crippen molar-refractivity contribution in [3.05, 3.63) is 28.7 Å². The van der Waals surface area contributed by atoms with Crippen LogP contribution in [0.15, 0.2) is 28.7 Å². The van der Waals surface area contributed by atoms with Crippen LogP contribution in [0, 0.1) is 0 Å². The van der Waals surface area contributed by atoms with Crippen LogP contribution in [0.4, 0.5) is 0 Å². The van der Waals surface area contributed by atoms with Crippen LogP contribution in [0.1, 0.15) is 6.92 Å². The lowest BCUT2D eigenvalue weighted by Gasteiger charge is -2.13. The van der Waals surface area contributed by atoms with Gasteiger partial charge in [-0.2, -0.15) is 0 Å². The van der Waals surface area contributed by atoms with Crippen LogP contribution in [0.25, 0.3) is 0 Å². The zero-order chi connectivity index (χ0) is 12.8. The Labute approximate surface area is 107 Å². The van der Waals surface area contributed by atoms with Gasteiger partial charge in [-0.1, -0.05) is 15.9 Å². The maximum absolute atomic E-state index is 11.4. The predicted molar refractivity (Wildman–Crippen MR) is 64.4 cm³/mol. The molecule has 0 aliphatic rings. The lowest BCUT2D eigenvalue weighted by molar-refractivity contribution is -0.154. The highest BCUT2D eigenvalue weighted by molar-refractivity contribution is 9.10. The van der Waals surface area contributed by atoms with E-state index in [1.54, 1.807) is 24.3 Å². The molecule has 0 aliphatic heterocycles. The summed E-state index contributed by atoms with van der Waals surface area (Å²) < 4.78 is 10.8. The zero-order valence-corrected chi connectivity index (χ0v) is 10.8. The predicted octanol–water partition coefficient (Wildman–Crippen LogP) is 1.24. The lowest BCUT2D eigenvalue weighted by atomic mass is 10.3. The topological polar surface area (TPSA) is 78.6 Å². The number of hydrogen-bond acceptors (Lipinski definition) is 4. The number of hydrogen-bond donors (Lipinski definition) is 1. The van der Waals surface area contributed by atoms with Gasteiger partial charge in [0.2, 0.25) is 0 Å². The number of primary amides is 1. The van der Waals surface area contributed by atoms with Crippen molar-refractivity contribution in [2.75, 3.05) is 6.61 Å². The number of esters is 1. The second-order valence-electron chi connectivity index (χ2n) is 3.29. The summed E-state index contributed by atoms with van der Waals surface area (Å²) in [6, 6.07) is 7.00. The monoisotopic (exact) mass is 301 g/mol. The van der Waals surface area contributed by atoms with Crippen molar-refractivity contribution in [3.8, 4) is 5.75 Å². The summed E-state index contributed by atoms with van der Waals surface area (Å²) in [6.07, 6.45) is -0.796. The average molecular weight is 302 g/mol. The Kier molecular flexibility index (Phi) is 4.96. The molecule has 0 aliphatic carbocycles. The van der Waals surface area contributed by atoms with Gasteiger partial charge in [0.1, 0.15) is 5.75 Å². The summed E-state index contributed by atoms with van der Waals surface area (Å²) in [5.41, 5.74) is 4.85. The third-order valence-electron chi connectivity index (χ3n) is 1.82. The van der Waals surface area contributed by atoms with E-state index in [4.69, 9.17) is 10.5 Å². The van der Waals surface area contributed by atoms with Crippen molar-refractivity contribution in [1.29, 1.82) is 0 Å². The first-order valence-corrected chi connectivity index (χ1v) is 5.65. The van der Waals surface area contributed by atoms with E-state index in [-0.39, 0.29) is 0 Å². The van der Waals surface area contributed by atoms with Crippen molar-refractivity contribution in [2.45, 2.75) is 13.0 Å². The van der Waals surface area contributed by atoms with Gasteiger partial charge in [-0.25, -0.2) is 4.79 Å². The summed E-state index contributed by atoms with van der Waals surface area (Å²) in [5.74, 6) is -0.794. The van der Waals surface area contributed by atoms with Crippen molar-refractivity contribution >= 4 is 27.8 Å². The quantitative estimate of drug-likeness (QED) is 0.830. The molecule has 1 aromatic carbocycles. The molecular formula is C11H12BrNO4.